The van der Waals surface area contributed by atoms with Gasteiger partial charge in [-0.25, -0.2) is 9.78 Å². The molecule has 0 atom stereocenters. The van der Waals surface area contributed by atoms with Gasteiger partial charge in [-0.2, -0.15) is 0 Å². The first-order valence-corrected chi connectivity index (χ1v) is 6.44. The van der Waals surface area contributed by atoms with E-state index in [1.807, 2.05) is 31.2 Å². The summed E-state index contributed by atoms with van der Waals surface area (Å²) >= 11 is 1.33. The van der Waals surface area contributed by atoms with Gasteiger partial charge in [0.05, 0.1) is 6.61 Å². The minimum atomic E-state index is -0.997. The Labute approximate surface area is 109 Å². The molecule has 1 aromatic heterocycles. The van der Waals surface area contributed by atoms with Gasteiger partial charge in [-0.3, -0.25) is 0 Å². The molecule has 0 unspecified atom stereocenters. The number of carbonyl (C=O) groups is 1. The van der Waals surface area contributed by atoms with E-state index in [4.69, 9.17) is 9.84 Å². The summed E-state index contributed by atoms with van der Waals surface area (Å²) in [5.41, 5.74) is 2.07. The monoisotopic (exact) mass is 263 g/mol. The maximum atomic E-state index is 10.8. The van der Waals surface area contributed by atoms with Crippen LogP contribution < -0.4 is 0 Å². The summed E-state index contributed by atoms with van der Waals surface area (Å²) in [7, 11) is 0. The first-order chi connectivity index (χ1) is 8.70. The number of rotatable bonds is 5. The molecule has 0 bridgehead atoms. The van der Waals surface area contributed by atoms with Crippen LogP contribution in [0.2, 0.25) is 0 Å². The molecule has 2 rings (SSSR count). The second-order valence-corrected chi connectivity index (χ2v) is 4.54. The van der Waals surface area contributed by atoms with Crippen molar-refractivity contribution in [3.05, 3.63) is 40.9 Å². The molecule has 94 valence electrons. The van der Waals surface area contributed by atoms with Gasteiger partial charge >= 0.3 is 5.97 Å². The zero-order valence-corrected chi connectivity index (χ0v) is 10.7. The number of nitrogens with zero attached hydrogens (tertiary/aromatic N) is 1. The van der Waals surface area contributed by atoms with E-state index >= 15 is 0 Å². The average Bonchev–Trinajstić information content (AvgIpc) is 2.86. The number of hydrogen-bond acceptors (Lipinski definition) is 4. The number of hydrogen-bond donors (Lipinski definition) is 1. The molecular weight excluding hydrogens is 250 g/mol. The van der Waals surface area contributed by atoms with Gasteiger partial charge in [0, 0.05) is 17.6 Å². The Balaban J connectivity index is 2.23. The SMILES string of the molecule is CCOCc1cccc(-c2nc(C(=O)O)cs2)c1. The lowest BCUT2D eigenvalue weighted by atomic mass is 10.1. The van der Waals surface area contributed by atoms with E-state index in [0.717, 1.165) is 11.1 Å². The lowest BCUT2D eigenvalue weighted by molar-refractivity contribution is 0.0691. The van der Waals surface area contributed by atoms with Gasteiger partial charge in [0.25, 0.3) is 0 Å². The van der Waals surface area contributed by atoms with Crippen LogP contribution in [0.15, 0.2) is 29.6 Å². The number of aromatic nitrogens is 1. The van der Waals surface area contributed by atoms with Crippen LogP contribution in [0.3, 0.4) is 0 Å². The van der Waals surface area contributed by atoms with Crippen molar-refractivity contribution in [2.75, 3.05) is 6.61 Å². The molecule has 1 N–H and O–H groups in total. The van der Waals surface area contributed by atoms with E-state index in [-0.39, 0.29) is 5.69 Å². The fourth-order valence-corrected chi connectivity index (χ4v) is 2.31. The second kappa shape index (κ2) is 5.75. The molecule has 0 aliphatic carbocycles. The van der Waals surface area contributed by atoms with E-state index in [9.17, 15) is 4.79 Å². The average molecular weight is 263 g/mol. The highest BCUT2D eigenvalue weighted by atomic mass is 32.1. The lowest BCUT2D eigenvalue weighted by Gasteiger charge is -2.03. The Kier molecular flexibility index (Phi) is 4.07. The molecule has 0 spiro atoms. The zero-order valence-electron chi connectivity index (χ0n) is 9.92. The minimum Gasteiger partial charge on any atom is -0.476 e. The number of ether oxygens (including phenoxy) is 1. The highest BCUT2D eigenvalue weighted by Crippen LogP contribution is 2.24. The fraction of sp³-hybridized carbons (Fsp3) is 0.231. The van der Waals surface area contributed by atoms with Crippen molar-refractivity contribution < 1.29 is 14.6 Å². The number of benzene rings is 1. The number of carboxylic acids is 1. The van der Waals surface area contributed by atoms with E-state index in [1.54, 1.807) is 5.38 Å². The van der Waals surface area contributed by atoms with Crippen molar-refractivity contribution in [1.29, 1.82) is 0 Å². The van der Waals surface area contributed by atoms with Crippen LogP contribution >= 0.6 is 11.3 Å². The van der Waals surface area contributed by atoms with E-state index in [1.165, 1.54) is 11.3 Å². The third-order valence-electron chi connectivity index (χ3n) is 2.37. The molecule has 4 nitrogen and oxygen atoms in total. The summed E-state index contributed by atoms with van der Waals surface area (Å²) in [6.07, 6.45) is 0. The van der Waals surface area contributed by atoms with E-state index in [2.05, 4.69) is 4.98 Å². The predicted molar refractivity (Wildman–Crippen MR) is 69.8 cm³/mol. The highest BCUT2D eigenvalue weighted by molar-refractivity contribution is 7.13. The van der Waals surface area contributed by atoms with Gasteiger partial charge in [-0.15, -0.1) is 11.3 Å². The van der Waals surface area contributed by atoms with E-state index in [0.29, 0.717) is 18.2 Å². The quantitative estimate of drug-likeness (QED) is 0.900. The molecular formula is C13H13NO3S. The number of thiazole rings is 1. The summed E-state index contributed by atoms with van der Waals surface area (Å²) in [5.74, 6) is -0.997. The Hall–Kier alpha value is -1.72. The molecule has 2 aromatic rings. The van der Waals surface area contributed by atoms with Gasteiger partial charge in [0.1, 0.15) is 5.01 Å². The Bertz CT molecular complexity index is 551. The second-order valence-electron chi connectivity index (χ2n) is 3.68. The molecule has 0 radical (unpaired) electrons. The number of aromatic carboxylic acids is 1. The molecule has 0 aliphatic rings. The molecule has 1 heterocycles. The van der Waals surface area contributed by atoms with Crippen molar-refractivity contribution in [3.8, 4) is 10.6 Å². The van der Waals surface area contributed by atoms with Crippen LogP contribution in [-0.4, -0.2) is 22.7 Å². The summed E-state index contributed by atoms with van der Waals surface area (Å²) in [6.45, 7) is 3.18. The molecule has 0 aliphatic heterocycles. The van der Waals surface area contributed by atoms with Crippen molar-refractivity contribution in [1.82, 2.24) is 4.98 Å². The molecule has 0 amide bonds. The van der Waals surface area contributed by atoms with Crippen LogP contribution in [0, 0.1) is 0 Å². The van der Waals surface area contributed by atoms with Gasteiger partial charge in [0.2, 0.25) is 0 Å². The topological polar surface area (TPSA) is 59.4 Å². The van der Waals surface area contributed by atoms with Gasteiger partial charge in [-0.05, 0) is 18.6 Å². The molecule has 18 heavy (non-hydrogen) atoms. The van der Waals surface area contributed by atoms with Crippen LogP contribution in [0.4, 0.5) is 0 Å². The van der Waals surface area contributed by atoms with Gasteiger partial charge in [-0.1, -0.05) is 18.2 Å². The first kappa shape index (κ1) is 12.7. The zero-order chi connectivity index (χ0) is 13.0. The Morgan fingerprint density at radius 1 is 1.50 bits per heavy atom. The Morgan fingerprint density at radius 2 is 2.33 bits per heavy atom. The van der Waals surface area contributed by atoms with Crippen molar-refractivity contribution in [2.24, 2.45) is 0 Å². The van der Waals surface area contributed by atoms with Crippen molar-refractivity contribution >= 4 is 17.3 Å². The van der Waals surface area contributed by atoms with Crippen molar-refractivity contribution in [2.45, 2.75) is 13.5 Å². The first-order valence-electron chi connectivity index (χ1n) is 5.56. The third-order valence-corrected chi connectivity index (χ3v) is 3.26. The lowest BCUT2D eigenvalue weighted by Crippen LogP contribution is -1.96. The van der Waals surface area contributed by atoms with Crippen LogP contribution in [0.1, 0.15) is 23.0 Å². The Morgan fingerprint density at radius 3 is 3.00 bits per heavy atom. The predicted octanol–water partition coefficient (Wildman–Crippen LogP) is 3.04. The van der Waals surface area contributed by atoms with Crippen LogP contribution in [0.5, 0.6) is 0 Å². The van der Waals surface area contributed by atoms with Crippen LogP contribution in [-0.2, 0) is 11.3 Å². The molecule has 0 saturated carbocycles. The molecule has 5 heteroatoms. The maximum Gasteiger partial charge on any atom is 0.355 e. The summed E-state index contributed by atoms with van der Waals surface area (Å²) in [6, 6.07) is 7.79. The highest BCUT2D eigenvalue weighted by Gasteiger charge is 2.10. The standard InChI is InChI=1S/C13H13NO3S/c1-2-17-7-9-4-3-5-10(6-9)12-14-11(8-18-12)13(15)16/h3-6,8H,2,7H2,1H3,(H,15,16). The smallest absolute Gasteiger partial charge is 0.355 e. The van der Waals surface area contributed by atoms with Gasteiger partial charge < -0.3 is 9.84 Å². The van der Waals surface area contributed by atoms with Crippen LogP contribution in [0.25, 0.3) is 10.6 Å². The summed E-state index contributed by atoms with van der Waals surface area (Å²) < 4.78 is 5.34. The van der Waals surface area contributed by atoms with Gasteiger partial charge in [0.15, 0.2) is 5.69 Å². The summed E-state index contributed by atoms with van der Waals surface area (Å²) in [5, 5.41) is 11.1. The molecule has 1 aromatic carbocycles. The van der Waals surface area contributed by atoms with Crippen molar-refractivity contribution in [3.63, 3.8) is 0 Å². The minimum absolute atomic E-state index is 0.0882. The van der Waals surface area contributed by atoms with E-state index < -0.39 is 5.97 Å². The molecule has 0 saturated heterocycles. The normalized spacial score (nSPS) is 10.5. The third kappa shape index (κ3) is 2.94. The number of carboxylic acid groups (broad SMARTS) is 1. The largest absolute Gasteiger partial charge is 0.476 e. The maximum absolute atomic E-state index is 10.8. The summed E-state index contributed by atoms with van der Waals surface area (Å²) in [4.78, 5) is 14.9. The fourth-order valence-electron chi connectivity index (χ4n) is 1.52. The molecule has 0 fully saturated rings.